The highest BCUT2D eigenvalue weighted by atomic mass is 32.2. The van der Waals surface area contributed by atoms with Crippen LogP contribution in [0.3, 0.4) is 0 Å². The maximum absolute atomic E-state index is 12.4. The van der Waals surface area contributed by atoms with Crippen molar-refractivity contribution in [2.75, 3.05) is 18.8 Å². The molecule has 0 unspecified atom stereocenters. The van der Waals surface area contributed by atoms with Gasteiger partial charge in [0.15, 0.2) is 0 Å². The van der Waals surface area contributed by atoms with Crippen LogP contribution in [0.25, 0.3) is 0 Å². The van der Waals surface area contributed by atoms with E-state index in [1.807, 2.05) is 60.7 Å². The minimum absolute atomic E-state index is 0.0195. The largest absolute Gasteiger partial charge is 0.346 e. The van der Waals surface area contributed by atoms with Gasteiger partial charge in [-0.1, -0.05) is 72.4 Å². The molecule has 0 spiro atoms. The molecular weight excluding hydrogens is 378 g/mol. The summed E-state index contributed by atoms with van der Waals surface area (Å²) in [5.41, 5.74) is 1.69. The van der Waals surface area contributed by atoms with E-state index in [0.29, 0.717) is 0 Å². The number of benzene rings is 2. The number of thioether (sulfide) groups is 1. The van der Waals surface area contributed by atoms with Gasteiger partial charge in [0.1, 0.15) is 0 Å². The number of hydrogen-bond donors (Lipinski definition) is 2. The van der Waals surface area contributed by atoms with Crippen molar-refractivity contribution in [2.24, 2.45) is 0 Å². The first kappa shape index (κ1) is 19.6. The molecule has 2 aromatic rings. The van der Waals surface area contributed by atoms with Gasteiger partial charge < -0.3 is 10.6 Å². The number of carbonyl (C=O) groups is 4. The average Bonchev–Trinajstić information content (AvgIpc) is 3.05. The van der Waals surface area contributed by atoms with Gasteiger partial charge >= 0.3 is 11.8 Å². The van der Waals surface area contributed by atoms with Gasteiger partial charge in [0.2, 0.25) is 5.91 Å². The van der Waals surface area contributed by atoms with E-state index in [4.69, 9.17) is 0 Å². The molecule has 7 nitrogen and oxygen atoms in total. The summed E-state index contributed by atoms with van der Waals surface area (Å²) in [5, 5.41) is 4.86. The van der Waals surface area contributed by atoms with Crippen LogP contribution >= 0.6 is 11.8 Å². The lowest BCUT2D eigenvalue weighted by atomic mass is 9.99. The van der Waals surface area contributed by atoms with Crippen LogP contribution in [0.4, 0.5) is 4.79 Å². The minimum atomic E-state index is -0.816. The molecule has 0 bridgehead atoms. The fourth-order valence-electron chi connectivity index (χ4n) is 2.81. The van der Waals surface area contributed by atoms with Crippen molar-refractivity contribution in [1.29, 1.82) is 0 Å². The molecule has 0 radical (unpaired) electrons. The van der Waals surface area contributed by atoms with Gasteiger partial charge in [-0.25, -0.2) is 0 Å². The average molecular weight is 397 g/mol. The Morgan fingerprint density at radius 2 is 1.50 bits per heavy atom. The first-order valence-electron chi connectivity index (χ1n) is 8.72. The van der Waals surface area contributed by atoms with Gasteiger partial charge in [-0.3, -0.25) is 24.1 Å². The molecule has 8 heteroatoms. The van der Waals surface area contributed by atoms with E-state index < -0.39 is 17.9 Å². The second-order valence-corrected chi connectivity index (χ2v) is 7.01. The van der Waals surface area contributed by atoms with Crippen LogP contribution in [0, 0.1) is 0 Å². The van der Waals surface area contributed by atoms with Crippen LogP contribution < -0.4 is 10.6 Å². The SMILES string of the molecule is O=C(NCCN1C(=O)CSC1=O)C(=O)NC(c1ccccc1)c1ccccc1. The normalized spacial score (nSPS) is 13.7. The lowest BCUT2D eigenvalue weighted by Crippen LogP contribution is -2.44. The predicted octanol–water partition coefficient (Wildman–Crippen LogP) is 1.70. The summed E-state index contributed by atoms with van der Waals surface area (Å²) < 4.78 is 0. The summed E-state index contributed by atoms with van der Waals surface area (Å²) >= 11 is 0.928. The lowest BCUT2D eigenvalue weighted by Gasteiger charge is -2.20. The fourth-order valence-corrected chi connectivity index (χ4v) is 3.56. The molecule has 4 amide bonds. The molecule has 2 N–H and O–H groups in total. The Morgan fingerprint density at radius 3 is 2.00 bits per heavy atom. The Kier molecular flexibility index (Phi) is 6.44. The zero-order valence-corrected chi connectivity index (χ0v) is 15.8. The van der Waals surface area contributed by atoms with Gasteiger partial charge in [-0.2, -0.15) is 0 Å². The van der Waals surface area contributed by atoms with Gasteiger partial charge in [-0.05, 0) is 11.1 Å². The second kappa shape index (κ2) is 9.18. The third kappa shape index (κ3) is 4.77. The molecule has 0 aliphatic carbocycles. The number of carbonyl (C=O) groups excluding carboxylic acids is 4. The van der Waals surface area contributed by atoms with Crippen LogP contribution in [-0.2, 0) is 14.4 Å². The van der Waals surface area contributed by atoms with E-state index in [1.165, 1.54) is 0 Å². The number of imide groups is 1. The van der Waals surface area contributed by atoms with Crippen molar-refractivity contribution in [3.63, 3.8) is 0 Å². The van der Waals surface area contributed by atoms with E-state index in [-0.39, 0.29) is 30.0 Å². The van der Waals surface area contributed by atoms with Gasteiger partial charge in [0, 0.05) is 13.1 Å². The van der Waals surface area contributed by atoms with Gasteiger partial charge in [0.05, 0.1) is 11.8 Å². The Balaban J connectivity index is 1.61. The highest BCUT2D eigenvalue weighted by Gasteiger charge is 2.29. The Morgan fingerprint density at radius 1 is 0.929 bits per heavy atom. The van der Waals surface area contributed by atoms with Crippen LogP contribution in [-0.4, -0.2) is 46.7 Å². The van der Waals surface area contributed by atoms with E-state index in [9.17, 15) is 19.2 Å². The Bertz CT molecular complexity index is 818. The number of rotatable bonds is 6. The molecule has 1 fully saturated rings. The van der Waals surface area contributed by atoms with Crippen molar-refractivity contribution < 1.29 is 19.2 Å². The second-order valence-electron chi connectivity index (χ2n) is 6.08. The first-order chi connectivity index (χ1) is 13.6. The van der Waals surface area contributed by atoms with Crippen LogP contribution in [0.15, 0.2) is 60.7 Å². The number of hydrogen-bond acceptors (Lipinski definition) is 5. The summed E-state index contributed by atoms with van der Waals surface area (Å²) in [6.45, 7) is 0.0656. The molecule has 144 valence electrons. The molecular formula is C20H19N3O4S. The summed E-state index contributed by atoms with van der Waals surface area (Å²) in [6.07, 6.45) is 0. The zero-order valence-electron chi connectivity index (χ0n) is 15.0. The minimum Gasteiger partial charge on any atom is -0.346 e. The van der Waals surface area contributed by atoms with Gasteiger partial charge in [0.25, 0.3) is 5.24 Å². The molecule has 2 aromatic carbocycles. The van der Waals surface area contributed by atoms with Crippen LogP contribution in [0.2, 0.25) is 0 Å². The number of nitrogens with zero attached hydrogens (tertiary/aromatic N) is 1. The lowest BCUT2D eigenvalue weighted by molar-refractivity contribution is -0.139. The van der Waals surface area contributed by atoms with E-state index in [0.717, 1.165) is 27.8 Å². The first-order valence-corrected chi connectivity index (χ1v) is 9.70. The van der Waals surface area contributed by atoms with Crippen molar-refractivity contribution >= 4 is 34.7 Å². The molecule has 1 saturated heterocycles. The quantitative estimate of drug-likeness (QED) is 0.724. The van der Waals surface area contributed by atoms with E-state index in [1.54, 1.807) is 0 Å². The standard InChI is InChI=1S/C20H19N3O4S/c24-16-13-28-20(27)23(16)12-11-21-18(25)19(26)22-17(14-7-3-1-4-8-14)15-9-5-2-6-10-15/h1-10,17H,11-13H2,(H,21,25)(H,22,26). The highest BCUT2D eigenvalue weighted by molar-refractivity contribution is 8.14. The highest BCUT2D eigenvalue weighted by Crippen LogP contribution is 2.21. The van der Waals surface area contributed by atoms with E-state index >= 15 is 0 Å². The topological polar surface area (TPSA) is 95.6 Å². The molecule has 0 saturated carbocycles. The van der Waals surface area contributed by atoms with Crippen molar-refractivity contribution in [2.45, 2.75) is 6.04 Å². The molecule has 0 aromatic heterocycles. The molecule has 3 rings (SSSR count). The summed E-state index contributed by atoms with van der Waals surface area (Å²) in [5.74, 6) is -1.78. The summed E-state index contributed by atoms with van der Waals surface area (Å²) in [6, 6.07) is 18.2. The molecule has 0 atom stereocenters. The van der Waals surface area contributed by atoms with Crippen LogP contribution in [0.5, 0.6) is 0 Å². The van der Waals surface area contributed by atoms with E-state index in [2.05, 4.69) is 10.6 Å². The Hall–Kier alpha value is -3.13. The van der Waals surface area contributed by atoms with Gasteiger partial charge in [-0.15, -0.1) is 0 Å². The molecule has 1 aliphatic heterocycles. The third-order valence-corrected chi connectivity index (χ3v) is 5.07. The monoisotopic (exact) mass is 397 g/mol. The van der Waals surface area contributed by atoms with Crippen molar-refractivity contribution in [3.05, 3.63) is 71.8 Å². The molecule has 1 heterocycles. The van der Waals surface area contributed by atoms with Crippen molar-refractivity contribution in [3.8, 4) is 0 Å². The zero-order chi connectivity index (χ0) is 19.9. The third-order valence-electron chi connectivity index (χ3n) is 4.21. The maximum atomic E-state index is 12.4. The van der Waals surface area contributed by atoms with Crippen molar-refractivity contribution in [1.82, 2.24) is 15.5 Å². The maximum Gasteiger partial charge on any atom is 0.310 e. The predicted molar refractivity (Wildman–Crippen MR) is 105 cm³/mol. The number of amides is 4. The van der Waals surface area contributed by atoms with Crippen LogP contribution in [0.1, 0.15) is 17.2 Å². The Labute approximate surface area is 166 Å². The summed E-state index contributed by atoms with van der Waals surface area (Å²) in [4.78, 5) is 48.7. The summed E-state index contributed by atoms with van der Waals surface area (Å²) in [7, 11) is 0. The molecule has 28 heavy (non-hydrogen) atoms. The molecule has 1 aliphatic rings. The fraction of sp³-hybridized carbons (Fsp3) is 0.200. The smallest absolute Gasteiger partial charge is 0.310 e. The number of nitrogens with one attached hydrogen (secondary N) is 2.